The maximum Gasteiger partial charge on any atom is 0.328 e. The molecule has 0 bridgehead atoms. The zero-order chi connectivity index (χ0) is 15.1. The van der Waals surface area contributed by atoms with Crippen LogP contribution in [0.3, 0.4) is 0 Å². The number of urea groups is 1. The lowest BCUT2D eigenvalue weighted by atomic mass is 10.3. The van der Waals surface area contributed by atoms with Crippen molar-refractivity contribution < 1.29 is 24.2 Å². The van der Waals surface area contributed by atoms with Crippen LogP contribution < -0.4 is 15.4 Å². The van der Waals surface area contributed by atoms with Gasteiger partial charge in [-0.3, -0.25) is 10.1 Å². The van der Waals surface area contributed by atoms with Crippen molar-refractivity contribution in [2.24, 2.45) is 0 Å². The quantitative estimate of drug-likeness (QED) is 0.723. The van der Waals surface area contributed by atoms with Gasteiger partial charge in [0.15, 0.2) is 0 Å². The number of nitrogens with one attached hydrogen (secondary N) is 2. The molecule has 0 atom stereocenters. The highest BCUT2D eigenvalue weighted by Crippen LogP contribution is 2.27. The summed E-state index contributed by atoms with van der Waals surface area (Å²) in [5.74, 6) is -1.72. The van der Waals surface area contributed by atoms with E-state index in [0.717, 1.165) is 6.08 Å². The van der Waals surface area contributed by atoms with Crippen LogP contribution in [0.1, 0.15) is 0 Å². The van der Waals surface area contributed by atoms with Crippen molar-refractivity contribution in [1.29, 1.82) is 0 Å². The Morgan fingerprint density at radius 2 is 2.00 bits per heavy atom. The first-order valence-corrected chi connectivity index (χ1v) is 6.08. The molecule has 0 spiro atoms. The highest BCUT2D eigenvalue weighted by Gasteiger charge is 2.09. The Bertz CT molecular complexity index is 571. The molecule has 0 radical (unpaired) electrons. The van der Waals surface area contributed by atoms with Gasteiger partial charge in [-0.2, -0.15) is 0 Å². The van der Waals surface area contributed by atoms with Crippen LogP contribution in [-0.4, -0.2) is 30.1 Å². The second-order valence-corrected chi connectivity index (χ2v) is 4.38. The zero-order valence-electron chi connectivity index (χ0n) is 10.3. The van der Waals surface area contributed by atoms with E-state index in [4.69, 9.17) is 9.84 Å². The molecule has 1 rings (SSSR count). The molecule has 106 valence electrons. The van der Waals surface area contributed by atoms with Gasteiger partial charge in [0.25, 0.3) is 5.91 Å². The van der Waals surface area contributed by atoms with E-state index in [1.54, 1.807) is 18.2 Å². The summed E-state index contributed by atoms with van der Waals surface area (Å²) in [4.78, 5) is 33.0. The van der Waals surface area contributed by atoms with Crippen LogP contribution in [0.2, 0.25) is 0 Å². The van der Waals surface area contributed by atoms with Crippen molar-refractivity contribution in [2.45, 2.75) is 0 Å². The molecule has 20 heavy (non-hydrogen) atoms. The predicted octanol–water partition coefficient (Wildman–Crippen LogP) is 1.75. The van der Waals surface area contributed by atoms with E-state index in [1.165, 1.54) is 7.11 Å². The van der Waals surface area contributed by atoms with Gasteiger partial charge in [-0.05, 0) is 18.2 Å². The number of anilines is 1. The number of ether oxygens (including phenoxy) is 1. The van der Waals surface area contributed by atoms with Crippen LogP contribution >= 0.6 is 15.9 Å². The van der Waals surface area contributed by atoms with Crippen molar-refractivity contribution in [3.05, 3.63) is 34.8 Å². The fourth-order valence-corrected chi connectivity index (χ4v) is 1.59. The third kappa shape index (κ3) is 5.11. The largest absolute Gasteiger partial charge is 0.495 e. The third-order valence-electron chi connectivity index (χ3n) is 2.02. The lowest BCUT2D eigenvalue weighted by Crippen LogP contribution is -2.33. The minimum absolute atomic E-state index is 0.356. The Hall–Kier alpha value is -2.35. The number of carbonyl (C=O) groups excluding carboxylic acids is 2. The summed E-state index contributed by atoms with van der Waals surface area (Å²) in [6, 6.07) is 4.14. The van der Waals surface area contributed by atoms with E-state index in [1.807, 2.05) is 5.32 Å². The van der Waals surface area contributed by atoms with E-state index < -0.39 is 17.9 Å². The maximum absolute atomic E-state index is 11.6. The number of carboxylic acids is 1. The number of hydrogen-bond donors (Lipinski definition) is 3. The molecule has 0 unspecified atom stereocenters. The molecule has 7 nitrogen and oxygen atoms in total. The number of benzene rings is 1. The molecule has 0 aliphatic rings. The number of carbonyl (C=O) groups is 3. The number of rotatable bonds is 4. The average molecular weight is 343 g/mol. The number of imide groups is 1. The first-order valence-electron chi connectivity index (χ1n) is 5.29. The first kappa shape index (κ1) is 15.7. The van der Waals surface area contributed by atoms with Crippen LogP contribution in [0.4, 0.5) is 10.5 Å². The Labute approximate surface area is 122 Å². The normalized spacial score (nSPS) is 10.1. The van der Waals surface area contributed by atoms with Gasteiger partial charge in [0.2, 0.25) is 0 Å². The van der Waals surface area contributed by atoms with Crippen LogP contribution in [0.15, 0.2) is 34.8 Å². The standard InChI is InChI=1S/C12H11BrN2O5/c1-20-9-3-2-7(13)6-8(9)14-12(19)15-10(16)4-5-11(17)18/h2-6H,1H3,(H,17,18)(H2,14,15,16,19). The molecule has 0 saturated carbocycles. The average Bonchev–Trinajstić information content (AvgIpc) is 2.36. The van der Waals surface area contributed by atoms with Crippen LogP contribution in [0.25, 0.3) is 0 Å². The van der Waals surface area contributed by atoms with Crippen molar-refractivity contribution in [3.8, 4) is 5.75 Å². The molecule has 3 amide bonds. The second-order valence-electron chi connectivity index (χ2n) is 3.46. The van der Waals surface area contributed by atoms with Crippen molar-refractivity contribution >= 4 is 39.5 Å². The number of carboxylic acid groups (broad SMARTS) is 1. The van der Waals surface area contributed by atoms with Gasteiger partial charge in [-0.15, -0.1) is 0 Å². The molecule has 0 heterocycles. The Balaban J connectivity index is 2.69. The van der Waals surface area contributed by atoms with E-state index in [9.17, 15) is 14.4 Å². The van der Waals surface area contributed by atoms with Gasteiger partial charge in [0.05, 0.1) is 12.8 Å². The zero-order valence-corrected chi connectivity index (χ0v) is 11.9. The summed E-state index contributed by atoms with van der Waals surface area (Å²) in [6.45, 7) is 0. The number of aliphatic carboxylic acids is 1. The number of halogens is 1. The monoisotopic (exact) mass is 342 g/mol. The van der Waals surface area contributed by atoms with E-state index in [0.29, 0.717) is 22.0 Å². The molecular weight excluding hydrogens is 332 g/mol. The van der Waals surface area contributed by atoms with Crippen LogP contribution in [0, 0.1) is 0 Å². The van der Waals surface area contributed by atoms with Gasteiger partial charge >= 0.3 is 12.0 Å². The smallest absolute Gasteiger partial charge is 0.328 e. The molecule has 8 heteroatoms. The molecule has 0 saturated heterocycles. The van der Waals surface area contributed by atoms with E-state index in [2.05, 4.69) is 21.2 Å². The van der Waals surface area contributed by atoms with Gasteiger partial charge in [-0.1, -0.05) is 15.9 Å². The van der Waals surface area contributed by atoms with Gasteiger partial charge in [-0.25, -0.2) is 9.59 Å². The minimum atomic E-state index is -1.28. The summed E-state index contributed by atoms with van der Waals surface area (Å²) in [5, 5.41) is 12.7. The molecule has 0 aliphatic heterocycles. The lowest BCUT2D eigenvalue weighted by Gasteiger charge is -2.10. The highest BCUT2D eigenvalue weighted by atomic mass is 79.9. The topological polar surface area (TPSA) is 105 Å². The SMILES string of the molecule is COc1ccc(Br)cc1NC(=O)NC(=O)C=CC(=O)O. The fourth-order valence-electron chi connectivity index (χ4n) is 1.23. The first-order chi connectivity index (χ1) is 9.42. The van der Waals surface area contributed by atoms with Crippen molar-refractivity contribution in [3.63, 3.8) is 0 Å². The van der Waals surface area contributed by atoms with Gasteiger partial charge in [0.1, 0.15) is 5.75 Å². The van der Waals surface area contributed by atoms with Crippen molar-refractivity contribution in [1.82, 2.24) is 5.32 Å². The maximum atomic E-state index is 11.6. The minimum Gasteiger partial charge on any atom is -0.495 e. The Morgan fingerprint density at radius 1 is 1.30 bits per heavy atom. The van der Waals surface area contributed by atoms with Crippen molar-refractivity contribution in [2.75, 3.05) is 12.4 Å². The molecule has 0 aliphatic carbocycles. The number of methoxy groups -OCH3 is 1. The summed E-state index contributed by atoms with van der Waals surface area (Å²) in [5.41, 5.74) is 0.356. The number of hydrogen-bond acceptors (Lipinski definition) is 4. The van der Waals surface area contributed by atoms with Crippen LogP contribution in [-0.2, 0) is 9.59 Å². The predicted molar refractivity (Wildman–Crippen MR) is 74.6 cm³/mol. The molecular formula is C12H11BrN2O5. The van der Waals surface area contributed by atoms with Gasteiger partial charge in [0, 0.05) is 16.6 Å². The Morgan fingerprint density at radius 3 is 2.60 bits per heavy atom. The second kappa shape index (κ2) is 7.29. The molecule has 1 aromatic rings. The molecule has 1 aromatic carbocycles. The fraction of sp³-hybridized carbons (Fsp3) is 0.0833. The molecule has 0 aromatic heterocycles. The molecule has 0 fully saturated rings. The summed E-state index contributed by atoms with van der Waals surface area (Å²) in [7, 11) is 1.44. The Kier molecular flexibility index (Phi) is 5.73. The summed E-state index contributed by atoms with van der Waals surface area (Å²) in [6.07, 6.45) is 1.36. The summed E-state index contributed by atoms with van der Waals surface area (Å²) >= 11 is 3.24. The van der Waals surface area contributed by atoms with Crippen LogP contribution in [0.5, 0.6) is 5.75 Å². The highest BCUT2D eigenvalue weighted by molar-refractivity contribution is 9.10. The lowest BCUT2D eigenvalue weighted by molar-refractivity contribution is -0.131. The summed E-state index contributed by atoms with van der Waals surface area (Å²) < 4.78 is 5.76. The number of amides is 3. The third-order valence-corrected chi connectivity index (χ3v) is 2.52. The van der Waals surface area contributed by atoms with E-state index >= 15 is 0 Å². The molecule has 3 N–H and O–H groups in total. The van der Waals surface area contributed by atoms with E-state index in [-0.39, 0.29) is 0 Å². The van der Waals surface area contributed by atoms with Gasteiger partial charge < -0.3 is 15.2 Å².